The third kappa shape index (κ3) is 5.81. The Morgan fingerprint density at radius 3 is 3.12 bits per heavy atom. The third-order valence-electron chi connectivity index (χ3n) is 2.42. The number of nitrogens with one attached hydrogen (secondary N) is 1. The summed E-state index contributed by atoms with van der Waals surface area (Å²) in [5.74, 6) is 0. The summed E-state index contributed by atoms with van der Waals surface area (Å²) in [5.41, 5.74) is 1.23. The maximum Gasteiger partial charge on any atom is 0.0697 e. The Labute approximate surface area is 103 Å². The van der Waals surface area contributed by atoms with Crippen molar-refractivity contribution in [3.8, 4) is 0 Å². The largest absolute Gasteiger partial charge is 0.394 e. The molecule has 1 aromatic heterocycles. The quantitative estimate of drug-likeness (QED) is 0.594. The summed E-state index contributed by atoms with van der Waals surface area (Å²) >= 11 is 0. The van der Waals surface area contributed by atoms with Crippen LogP contribution in [0, 0.1) is 0 Å². The normalized spacial score (nSPS) is 10.9. The summed E-state index contributed by atoms with van der Waals surface area (Å²) in [6, 6.07) is 2.05. The fraction of sp³-hybridized carbons (Fsp3) is 0.750. The SMILES string of the molecule is CCCn1nccc1CNCCCOCCO. The Morgan fingerprint density at radius 1 is 1.47 bits per heavy atom. The molecule has 1 aromatic rings. The van der Waals surface area contributed by atoms with Crippen LogP contribution in [0.2, 0.25) is 0 Å². The van der Waals surface area contributed by atoms with Gasteiger partial charge in [0.15, 0.2) is 0 Å². The van der Waals surface area contributed by atoms with Crippen molar-refractivity contribution in [2.24, 2.45) is 0 Å². The molecule has 0 unspecified atom stereocenters. The van der Waals surface area contributed by atoms with Crippen LogP contribution in [-0.4, -0.2) is 41.3 Å². The van der Waals surface area contributed by atoms with Gasteiger partial charge in [0.1, 0.15) is 0 Å². The summed E-state index contributed by atoms with van der Waals surface area (Å²) < 4.78 is 7.21. The Balaban J connectivity index is 2.07. The molecule has 0 saturated heterocycles. The highest BCUT2D eigenvalue weighted by atomic mass is 16.5. The number of aryl methyl sites for hydroxylation is 1. The highest BCUT2D eigenvalue weighted by molar-refractivity contribution is 4.99. The van der Waals surface area contributed by atoms with Crippen molar-refractivity contribution in [1.82, 2.24) is 15.1 Å². The molecule has 1 heterocycles. The highest BCUT2D eigenvalue weighted by Crippen LogP contribution is 1.99. The van der Waals surface area contributed by atoms with Crippen molar-refractivity contribution in [2.45, 2.75) is 32.9 Å². The lowest BCUT2D eigenvalue weighted by Gasteiger charge is -2.07. The molecule has 0 bridgehead atoms. The zero-order valence-electron chi connectivity index (χ0n) is 10.6. The minimum atomic E-state index is 0.101. The highest BCUT2D eigenvalue weighted by Gasteiger charge is 2.00. The zero-order valence-corrected chi connectivity index (χ0v) is 10.6. The first-order valence-electron chi connectivity index (χ1n) is 6.28. The van der Waals surface area contributed by atoms with Crippen LogP contribution >= 0.6 is 0 Å². The Bertz CT molecular complexity index is 289. The van der Waals surface area contributed by atoms with Gasteiger partial charge in [0.2, 0.25) is 0 Å². The van der Waals surface area contributed by atoms with E-state index in [9.17, 15) is 0 Å². The van der Waals surface area contributed by atoms with Gasteiger partial charge in [0, 0.05) is 25.9 Å². The molecule has 17 heavy (non-hydrogen) atoms. The maximum atomic E-state index is 8.52. The fourth-order valence-corrected chi connectivity index (χ4v) is 1.61. The molecule has 1 rings (SSSR count). The van der Waals surface area contributed by atoms with Crippen LogP contribution in [-0.2, 0) is 17.8 Å². The first kappa shape index (κ1) is 14.2. The monoisotopic (exact) mass is 241 g/mol. The van der Waals surface area contributed by atoms with Crippen LogP contribution < -0.4 is 5.32 Å². The lowest BCUT2D eigenvalue weighted by Crippen LogP contribution is -2.19. The van der Waals surface area contributed by atoms with E-state index in [-0.39, 0.29) is 6.61 Å². The van der Waals surface area contributed by atoms with Crippen molar-refractivity contribution >= 4 is 0 Å². The van der Waals surface area contributed by atoms with Gasteiger partial charge in [0.25, 0.3) is 0 Å². The van der Waals surface area contributed by atoms with Crippen molar-refractivity contribution < 1.29 is 9.84 Å². The first-order valence-corrected chi connectivity index (χ1v) is 6.28. The molecule has 0 aliphatic rings. The first-order chi connectivity index (χ1) is 8.38. The molecule has 0 aromatic carbocycles. The molecule has 0 fully saturated rings. The van der Waals surface area contributed by atoms with Crippen LogP contribution in [0.15, 0.2) is 12.3 Å². The minimum Gasteiger partial charge on any atom is -0.394 e. The van der Waals surface area contributed by atoms with E-state index in [4.69, 9.17) is 9.84 Å². The molecule has 98 valence electrons. The molecule has 0 aliphatic carbocycles. The predicted molar refractivity (Wildman–Crippen MR) is 66.7 cm³/mol. The number of aliphatic hydroxyl groups excluding tert-OH is 1. The van der Waals surface area contributed by atoms with Gasteiger partial charge in [-0.1, -0.05) is 6.92 Å². The summed E-state index contributed by atoms with van der Waals surface area (Å²) in [6.45, 7) is 6.12. The van der Waals surface area contributed by atoms with Crippen LogP contribution in [0.4, 0.5) is 0 Å². The van der Waals surface area contributed by atoms with Crippen LogP contribution in [0.1, 0.15) is 25.5 Å². The van der Waals surface area contributed by atoms with E-state index in [1.165, 1.54) is 5.69 Å². The molecular weight excluding hydrogens is 218 g/mol. The molecule has 0 amide bonds. The van der Waals surface area contributed by atoms with Gasteiger partial charge in [-0.2, -0.15) is 5.10 Å². The van der Waals surface area contributed by atoms with Crippen molar-refractivity contribution in [3.05, 3.63) is 18.0 Å². The molecule has 0 aliphatic heterocycles. The topological polar surface area (TPSA) is 59.3 Å². The summed E-state index contributed by atoms with van der Waals surface area (Å²) in [7, 11) is 0. The fourth-order valence-electron chi connectivity index (χ4n) is 1.61. The van der Waals surface area contributed by atoms with Crippen LogP contribution in [0.3, 0.4) is 0 Å². The van der Waals surface area contributed by atoms with Gasteiger partial charge in [-0.15, -0.1) is 0 Å². The molecule has 0 atom stereocenters. The second-order valence-electron chi connectivity index (χ2n) is 3.91. The molecular formula is C12H23N3O2. The van der Waals surface area contributed by atoms with Gasteiger partial charge >= 0.3 is 0 Å². The standard InChI is InChI=1S/C12H23N3O2/c1-2-7-15-12(4-6-14-15)11-13-5-3-9-17-10-8-16/h4,6,13,16H,2-3,5,7-11H2,1H3. The summed E-state index contributed by atoms with van der Waals surface area (Å²) in [5, 5.41) is 16.2. The smallest absolute Gasteiger partial charge is 0.0697 e. The van der Waals surface area contributed by atoms with Gasteiger partial charge in [-0.3, -0.25) is 4.68 Å². The van der Waals surface area contributed by atoms with Crippen molar-refractivity contribution in [2.75, 3.05) is 26.4 Å². The Morgan fingerprint density at radius 2 is 2.35 bits per heavy atom. The molecule has 0 saturated carbocycles. The van der Waals surface area contributed by atoms with E-state index in [1.807, 2.05) is 16.9 Å². The number of rotatable bonds is 10. The third-order valence-corrected chi connectivity index (χ3v) is 2.42. The minimum absolute atomic E-state index is 0.101. The lowest BCUT2D eigenvalue weighted by atomic mass is 10.3. The summed E-state index contributed by atoms with van der Waals surface area (Å²) in [4.78, 5) is 0. The molecule has 5 nitrogen and oxygen atoms in total. The average molecular weight is 241 g/mol. The van der Waals surface area contributed by atoms with E-state index in [0.717, 1.165) is 32.5 Å². The number of hydrogen-bond acceptors (Lipinski definition) is 4. The molecule has 2 N–H and O–H groups in total. The van der Waals surface area contributed by atoms with Crippen LogP contribution in [0.5, 0.6) is 0 Å². The molecule has 0 radical (unpaired) electrons. The number of hydrogen-bond donors (Lipinski definition) is 2. The Kier molecular flexibility index (Phi) is 7.62. The second-order valence-corrected chi connectivity index (χ2v) is 3.91. The maximum absolute atomic E-state index is 8.52. The van der Waals surface area contributed by atoms with E-state index >= 15 is 0 Å². The van der Waals surface area contributed by atoms with Crippen molar-refractivity contribution in [3.63, 3.8) is 0 Å². The van der Waals surface area contributed by atoms with E-state index in [2.05, 4.69) is 17.3 Å². The number of aliphatic hydroxyl groups is 1. The summed E-state index contributed by atoms with van der Waals surface area (Å²) in [6.07, 6.45) is 3.91. The second kappa shape index (κ2) is 9.15. The van der Waals surface area contributed by atoms with E-state index < -0.39 is 0 Å². The van der Waals surface area contributed by atoms with Crippen LogP contribution in [0.25, 0.3) is 0 Å². The number of nitrogens with zero attached hydrogens (tertiary/aromatic N) is 2. The average Bonchev–Trinajstić information content (AvgIpc) is 2.76. The van der Waals surface area contributed by atoms with E-state index in [0.29, 0.717) is 13.2 Å². The lowest BCUT2D eigenvalue weighted by molar-refractivity contribution is 0.0907. The number of ether oxygens (including phenoxy) is 1. The van der Waals surface area contributed by atoms with Gasteiger partial charge < -0.3 is 15.2 Å². The molecule has 5 heteroatoms. The zero-order chi connectivity index (χ0) is 12.3. The Hall–Kier alpha value is -0.910. The number of aromatic nitrogens is 2. The van der Waals surface area contributed by atoms with Gasteiger partial charge in [-0.25, -0.2) is 0 Å². The van der Waals surface area contributed by atoms with E-state index in [1.54, 1.807) is 0 Å². The predicted octanol–water partition coefficient (Wildman–Crippen LogP) is 0.782. The molecule has 0 spiro atoms. The van der Waals surface area contributed by atoms with Crippen molar-refractivity contribution in [1.29, 1.82) is 0 Å². The van der Waals surface area contributed by atoms with Gasteiger partial charge in [0.05, 0.1) is 18.9 Å². The van der Waals surface area contributed by atoms with Gasteiger partial charge in [-0.05, 0) is 25.5 Å².